The van der Waals surface area contributed by atoms with Gasteiger partial charge in [0.15, 0.2) is 11.5 Å². The largest absolute Gasteiger partial charge is 0.493 e. The van der Waals surface area contributed by atoms with Gasteiger partial charge in [-0.05, 0) is 63.8 Å². The summed E-state index contributed by atoms with van der Waals surface area (Å²) in [6.07, 6.45) is 0. The lowest BCUT2D eigenvalue weighted by Gasteiger charge is -2.15. The van der Waals surface area contributed by atoms with Gasteiger partial charge in [0.05, 0.1) is 11.6 Å². The van der Waals surface area contributed by atoms with Crippen molar-refractivity contribution in [2.24, 2.45) is 5.73 Å². The van der Waals surface area contributed by atoms with Gasteiger partial charge in [-0.2, -0.15) is 0 Å². The van der Waals surface area contributed by atoms with Crippen LogP contribution in [0.1, 0.15) is 16.7 Å². The second kappa shape index (κ2) is 6.91. The first-order valence-corrected chi connectivity index (χ1v) is 7.28. The van der Waals surface area contributed by atoms with Crippen molar-refractivity contribution in [2.75, 3.05) is 7.11 Å². The molecule has 0 aromatic heterocycles. The van der Waals surface area contributed by atoms with E-state index < -0.39 is 0 Å². The molecule has 0 amide bonds. The minimum atomic E-state index is -0.274. The van der Waals surface area contributed by atoms with Crippen molar-refractivity contribution in [2.45, 2.75) is 20.1 Å². The highest BCUT2D eigenvalue weighted by Gasteiger charge is 2.12. The van der Waals surface area contributed by atoms with E-state index in [1.54, 1.807) is 13.2 Å². The van der Waals surface area contributed by atoms with E-state index in [-0.39, 0.29) is 12.4 Å². The number of aryl methyl sites for hydroxylation is 1. The second-order valence-corrected chi connectivity index (χ2v) is 5.53. The molecule has 0 bridgehead atoms. The fraction of sp³-hybridized carbons (Fsp3) is 0.250. The molecule has 0 aliphatic carbocycles. The molecule has 0 unspecified atom stereocenters. The number of nitrogens with two attached hydrogens (primary N) is 1. The summed E-state index contributed by atoms with van der Waals surface area (Å²) in [7, 11) is 1.57. The van der Waals surface area contributed by atoms with Crippen molar-refractivity contribution < 1.29 is 13.9 Å². The lowest BCUT2D eigenvalue weighted by atomic mass is 10.1. The molecule has 0 radical (unpaired) electrons. The predicted molar refractivity (Wildman–Crippen MR) is 84.1 cm³/mol. The lowest BCUT2D eigenvalue weighted by molar-refractivity contribution is 0.281. The Hall–Kier alpha value is -1.59. The number of benzene rings is 2. The fourth-order valence-corrected chi connectivity index (χ4v) is 2.58. The molecule has 2 aromatic carbocycles. The maximum absolute atomic E-state index is 13.3. The van der Waals surface area contributed by atoms with Crippen LogP contribution in [-0.2, 0) is 13.2 Å². The summed E-state index contributed by atoms with van der Waals surface area (Å²) in [4.78, 5) is 0. The normalized spacial score (nSPS) is 10.5. The second-order valence-electron chi connectivity index (χ2n) is 4.67. The Morgan fingerprint density at radius 2 is 2.00 bits per heavy atom. The molecule has 5 heteroatoms. The molecule has 0 heterocycles. The summed E-state index contributed by atoms with van der Waals surface area (Å²) >= 11 is 3.45. The average molecular weight is 354 g/mol. The van der Waals surface area contributed by atoms with Gasteiger partial charge < -0.3 is 15.2 Å². The first kappa shape index (κ1) is 15.8. The van der Waals surface area contributed by atoms with E-state index in [2.05, 4.69) is 15.9 Å². The van der Waals surface area contributed by atoms with Gasteiger partial charge in [-0.1, -0.05) is 6.07 Å². The van der Waals surface area contributed by atoms with E-state index in [4.69, 9.17) is 15.2 Å². The molecular weight excluding hydrogens is 337 g/mol. The highest BCUT2D eigenvalue weighted by molar-refractivity contribution is 9.10. The average Bonchev–Trinajstić information content (AvgIpc) is 2.48. The van der Waals surface area contributed by atoms with E-state index in [9.17, 15) is 4.39 Å². The first-order chi connectivity index (χ1) is 10.0. The van der Waals surface area contributed by atoms with Gasteiger partial charge >= 0.3 is 0 Å². The SMILES string of the molecule is COc1cc(CN)cc(Br)c1OCc1cc(F)ccc1C. The third kappa shape index (κ3) is 3.74. The number of ether oxygens (including phenoxy) is 2. The van der Waals surface area contributed by atoms with Crippen LogP contribution in [0.25, 0.3) is 0 Å². The van der Waals surface area contributed by atoms with Gasteiger partial charge in [-0.15, -0.1) is 0 Å². The molecule has 0 aliphatic heterocycles. The highest BCUT2D eigenvalue weighted by Crippen LogP contribution is 2.37. The van der Waals surface area contributed by atoms with Crippen molar-refractivity contribution in [3.8, 4) is 11.5 Å². The summed E-state index contributed by atoms with van der Waals surface area (Å²) in [5.41, 5.74) is 8.35. The monoisotopic (exact) mass is 353 g/mol. The molecule has 2 aromatic rings. The fourth-order valence-electron chi connectivity index (χ4n) is 1.98. The van der Waals surface area contributed by atoms with Gasteiger partial charge in [0, 0.05) is 6.54 Å². The molecular formula is C16H17BrFNO2. The van der Waals surface area contributed by atoms with Crippen LogP contribution >= 0.6 is 15.9 Å². The smallest absolute Gasteiger partial charge is 0.175 e. The number of hydrogen-bond acceptors (Lipinski definition) is 3. The van der Waals surface area contributed by atoms with E-state index in [0.717, 1.165) is 21.2 Å². The van der Waals surface area contributed by atoms with Crippen molar-refractivity contribution in [1.29, 1.82) is 0 Å². The van der Waals surface area contributed by atoms with Crippen LogP contribution in [-0.4, -0.2) is 7.11 Å². The minimum absolute atomic E-state index is 0.264. The van der Waals surface area contributed by atoms with Gasteiger partial charge in [-0.25, -0.2) is 4.39 Å². The highest BCUT2D eigenvalue weighted by atomic mass is 79.9. The van der Waals surface area contributed by atoms with Gasteiger partial charge in [0.25, 0.3) is 0 Å². The molecule has 0 saturated carbocycles. The summed E-state index contributed by atoms with van der Waals surface area (Å²) in [6.45, 7) is 2.60. The Kier molecular flexibility index (Phi) is 5.20. The van der Waals surface area contributed by atoms with Crippen LogP contribution in [0.4, 0.5) is 4.39 Å². The van der Waals surface area contributed by atoms with E-state index in [1.807, 2.05) is 19.1 Å². The van der Waals surface area contributed by atoms with Crippen LogP contribution in [0.3, 0.4) is 0 Å². The molecule has 21 heavy (non-hydrogen) atoms. The molecule has 3 nitrogen and oxygen atoms in total. The standard InChI is InChI=1S/C16H17BrFNO2/c1-10-3-4-13(18)7-12(10)9-21-16-14(17)5-11(8-19)6-15(16)20-2/h3-7H,8-9,19H2,1-2H3. The van der Waals surface area contributed by atoms with E-state index >= 15 is 0 Å². The van der Waals surface area contributed by atoms with Crippen molar-refractivity contribution >= 4 is 15.9 Å². The summed E-state index contributed by atoms with van der Waals surface area (Å²) in [6, 6.07) is 8.36. The molecule has 0 saturated heterocycles. The number of rotatable bonds is 5. The van der Waals surface area contributed by atoms with Gasteiger partial charge in [0.1, 0.15) is 12.4 Å². The molecule has 0 aliphatic rings. The molecule has 0 spiro atoms. The summed E-state index contributed by atoms with van der Waals surface area (Å²) in [5, 5.41) is 0. The Balaban J connectivity index is 2.25. The number of methoxy groups -OCH3 is 1. The van der Waals surface area contributed by atoms with E-state index in [1.165, 1.54) is 12.1 Å². The Bertz CT molecular complexity index is 646. The lowest BCUT2D eigenvalue weighted by Crippen LogP contribution is -2.03. The summed E-state index contributed by atoms with van der Waals surface area (Å²) < 4.78 is 25.2. The third-order valence-electron chi connectivity index (χ3n) is 3.21. The van der Waals surface area contributed by atoms with Crippen LogP contribution < -0.4 is 15.2 Å². The Morgan fingerprint density at radius 1 is 1.24 bits per heavy atom. The van der Waals surface area contributed by atoms with Crippen LogP contribution in [0.2, 0.25) is 0 Å². The van der Waals surface area contributed by atoms with Crippen LogP contribution in [0, 0.1) is 12.7 Å². The number of halogens is 2. The Morgan fingerprint density at radius 3 is 2.67 bits per heavy atom. The zero-order valence-corrected chi connectivity index (χ0v) is 13.5. The van der Waals surface area contributed by atoms with Crippen molar-refractivity contribution in [3.63, 3.8) is 0 Å². The molecule has 2 rings (SSSR count). The predicted octanol–water partition coefficient (Wildman–Crippen LogP) is 3.94. The minimum Gasteiger partial charge on any atom is -0.493 e. The maximum Gasteiger partial charge on any atom is 0.175 e. The molecule has 0 fully saturated rings. The van der Waals surface area contributed by atoms with Crippen LogP contribution in [0.15, 0.2) is 34.8 Å². The van der Waals surface area contributed by atoms with Crippen molar-refractivity contribution in [1.82, 2.24) is 0 Å². The molecule has 0 atom stereocenters. The topological polar surface area (TPSA) is 44.5 Å². The van der Waals surface area contributed by atoms with E-state index in [0.29, 0.717) is 18.0 Å². The maximum atomic E-state index is 13.3. The molecule has 2 N–H and O–H groups in total. The Labute approximate surface area is 132 Å². The quantitative estimate of drug-likeness (QED) is 0.885. The first-order valence-electron chi connectivity index (χ1n) is 6.49. The van der Waals surface area contributed by atoms with Gasteiger partial charge in [0.2, 0.25) is 0 Å². The summed E-state index contributed by atoms with van der Waals surface area (Å²) in [5.74, 6) is 0.904. The van der Waals surface area contributed by atoms with Crippen LogP contribution in [0.5, 0.6) is 11.5 Å². The zero-order valence-electron chi connectivity index (χ0n) is 12.0. The van der Waals surface area contributed by atoms with Crippen molar-refractivity contribution in [3.05, 3.63) is 57.3 Å². The molecule has 112 valence electrons. The third-order valence-corrected chi connectivity index (χ3v) is 3.80. The zero-order chi connectivity index (χ0) is 15.4. The van der Waals surface area contributed by atoms with Gasteiger partial charge in [-0.3, -0.25) is 0 Å². The number of hydrogen-bond donors (Lipinski definition) is 1.